The minimum Gasteiger partial charge on any atom is -0.463 e. The Morgan fingerprint density at radius 2 is 1.93 bits per heavy atom. The fourth-order valence-corrected chi connectivity index (χ4v) is 2.57. The van der Waals surface area contributed by atoms with Crippen LogP contribution in [0.5, 0.6) is 0 Å². The number of furan rings is 1. The summed E-state index contributed by atoms with van der Waals surface area (Å²) < 4.78 is 11.1. The summed E-state index contributed by atoms with van der Waals surface area (Å²) in [6, 6.07) is 13.6. The lowest BCUT2D eigenvalue weighted by Gasteiger charge is -2.21. The third-order valence-corrected chi connectivity index (χ3v) is 4.07. The number of halogens is 1. The molecule has 27 heavy (non-hydrogen) atoms. The molecule has 1 heterocycles. The molecule has 7 heteroatoms. The summed E-state index contributed by atoms with van der Waals surface area (Å²) in [7, 11) is 1.69. The molecule has 2 aromatic rings. The number of methoxy groups -OCH3 is 1. The molecule has 0 radical (unpaired) electrons. The number of aliphatic hydroxyl groups is 1. The smallest absolute Gasteiger partial charge is 0.191 e. The van der Waals surface area contributed by atoms with Crippen LogP contribution in [0.15, 0.2) is 51.9 Å². The molecular weight excluding hydrogens is 457 g/mol. The summed E-state index contributed by atoms with van der Waals surface area (Å²) in [4.78, 5) is 4.50. The lowest BCUT2D eigenvalue weighted by molar-refractivity contribution is 0.0428. The molecule has 0 aliphatic rings. The van der Waals surface area contributed by atoms with Gasteiger partial charge in [0.2, 0.25) is 0 Å². The van der Waals surface area contributed by atoms with Crippen LogP contribution in [0, 0.1) is 6.92 Å². The van der Waals surface area contributed by atoms with Crippen LogP contribution in [0.25, 0.3) is 0 Å². The molecule has 2 unspecified atom stereocenters. The van der Waals surface area contributed by atoms with Crippen LogP contribution in [0.1, 0.15) is 37.0 Å². The number of ether oxygens (including phenoxy) is 1. The lowest BCUT2D eigenvalue weighted by Crippen LogP contribution is -2.40. The second kappa shape index (κ2) is 11.3. The minimum absolute atomic E-state index is 0. The summed E-state index contributed by atoms with van der Waals surface area (Å²) in [5, 5.41) is 17.1. The molecular formula is C20H30IN3O3. The Morgan fingerprint density at radius 3 is 2.48 bits per heavy atom. The van der Waals surface area contributed by atoms with E-state index in [4.69, 9.17) is 9.15 Å². The summed E-state index contributed by atoms with van der Waals surface area (Å²) in [5.74, 6) is 1.89. The maximum Gasteiger partial charge on any atom is 0.191 e. The van der Waals surface area contributed by atoms with E-state index in [-0.39, 0.29) is 36.6 Å². The van der Waals surface area contributed by atoms with Gasteiger partial charge in [-0.3, -0.25) is 0 Å². The highest BCUT2D eigenvalue weighted by Gasteiger charge is 2.26. The first-order valence-electron chi connectivity index (χ1n) is 8.85. The number of aliphatic imine (C=N–C) groups is 1. The highest BCUT2D eigenvalue weighted by atomic mass is 127. The normalized spacial score (nSPS) is 14.8. The Hall–Kier alpha value is -1.58. The van der Waals surface area contributed by atoms with Gasteiger partial charge in [0, 0.05) is 20.2 Å². The fraction of sp³-hybridized carbons (Fsp3) is 0.450. The second-order valence-corrected chi connectivity index (χ2v) is 6.40. The van der Waals surface area contributed by atoms with E-state index in [0.29, 0.717) is 18.3 Å². The van der Waals surface area contributed by atoms with Crippen LogP contribution >= 0.6 is 24.0 Å². The van der Waals surface area contributed by atoms with Crippen LogP contribution in [0.4, 0.5) is 0 Å². The lowest BCUT2D eigenvalue weighted by atomic mass is 10.0. The second-order valence-electron chi connectivity index (χ2n) is 6.40. The van der Waals surface area contributed by atoms with Crippen molar-refractivity contribution < 1.29 is 14.3 Å². The maximum absolute atomic E-state index is 10.6. The number of rotatable bonds is 8. The molecule has 3 N–H and O–H groups in total. The predicted octanol–water partition coefficient (Wildman–Crippen LogP) is 3.36. The third-order valence-electron chi connectivity index (χ3n) is 4.07. The van der Waals surface area contributed by atoms with Crippen LogP contribution in [0.3, 0.4) is 0 Å². The van der Waals surface area contributed by atoms with E-state index >= 15 is 0 Å². The third kappa shape index (κ3) is 7.15. The van der Waals surface area contributed by atoms with Crippen LogP contribution in [-0.2, 0) is 10.3 Å². The van der Waals surface area contributed by atoms with Crippen molar-refractivity contribution in [1.29, 1.82) is 0 Å². The molecule has 0 saturated heterocycles. The van der Waals surface area contributed by atoms with Crippen molar-refractivity contribution >= 4 is 29.9 Å². The average molecular weight is 487 g/mol. The van der Waals surface area contributed by atoms with Crippen molar-refractivity contribution in [2.24, 2.45) is 4.99 Å². The Morgan fingerprint density at radius 1 is 1.22 bits per heavy atom. The first kappa shape index (κ1) is 23.5. The molecule has 0 aliphatic heterocycles. The van der Waals surface area contributed by atoms with Crippen molar-refractivity contribution in [1.82, 2.24) is 10.6 Å². The average Bonchev–Trinajstić information content (AvgIpc) is 3.08. The Balaban J connectivity index is 0.00000364. The number of benzene rings is 1. The maximum atomic E-state index is 10.6. The molecule has 150 valence electrons. The minimum atomic E-state index is -1.17. The first-order chi connectivity index (χ1) is 12.5. The van der Waals surface area contributed by atoms with Crippen molar-refractivity contribution in [3.8, 4) is 0 Å². The molecule has 2 atom stereocenters. The molecule has 1 aromatic heterocycles. The van der Waals surface area contributed by atoms with E-state index in [2.05, 4.69) is 15.6 Å². The molecule has 0 fully saturated rings. The highest BCUT2D eigenvalue weighted by molar-refractivity contribution is 14.0. The van der Waals surface area contributed by atoms with E-state index in [1.807, 2.05) is 50.2 Å². The molecule has 6 nitrogen and oxygen atoms in total. The highest BCUT2D eigenvalue weighted by Crippen LogP contribution is 2.23. The van der Waals surface area contributed by atoms with E-state index in [1.165, 1.54) is 0 Å². The predicted molar refractivity (Wildman–Crippen MR) is 119 cm³/mol. The zero-order valence-electron chi connectivity index (χ0n) is 16.4. The molecule has 2 rings (SSSR count). The van der Waals surface area contributed by atoms with Crippen LogP contribution in [0.2, 0.25) is 0 Å². The van der Waals surface area contributed by atoms with Gasteiger partial charge in [-0.1, -0.05) is 30.3 Å². The topological polar surface area (TPSA) is 79.0 Å². The van der Waals surface area contributed by atoms with Crippen LogP contribution in [-0.4, -0.2) is 37.8 Å². The van der Waals surface area contributed by atoms with Gasteiger partial charge in [0.15, 0.2) is 5.96 Å². The van der Waals surface area contributed by atoms with Crippen molar-refractivity contribution in [2.45, 2.75) is 32.5 Å². The molecule has 0 aliphatic carbocycles. The summed E-state index contributed by atoms with van der Waals surface area (Å²) in [5.41, 5.74) is -0.0760. The molecule has 0 bridgehead atoms. The monoisotopic (exact) mass is 487 g/mol. The molecule has 1 aromatic carbocycles. The van der Waals surface area contributed by atoms with Gasteiger partial charge >= 0.3 is 0 Å². The summed E-state index contributed by atoms with van der Waals surface area (Å²) >= 11 is 0. The number of nitrogens with one attached hydrogen (secondary N) is 2. The standard InChI is InChI=1S/C20H29N3O3.HI/c1-5-21-19(22-13-17(25-4)16-9-7-6-8-10-16)23-14-20(3,24)18-12-11-15(2)26-18;/h6-12,17,24H,5,13-14H2,1-4H3,(H2,21,22,23);1H. The largest absolute Gasteiger partial charge is 0.463 e. The van der Waals surface area contributed by atoms with E-state index in [1.54, 1.807) is 20.1 Å². The molecule has 0 saturated carbocycles. The van der Waals surface area contributed by atoms with Gasteiger partial charge < -0.3 is 24.9 Å². The van der Waals surface area contributed by atoms with Crippen molar-refractivity contribution in [2.75, 3.05) is 26.7 Å². The zero-order valence-corrected chi connectivity index (χ0v) is 18.7. The van der Waals surface area contributed by atoms with Gasteiger partial charge in [-0.2, -0.15) is 0 Å². The van der Waals surface area contributed by atoms with E-state index < -0.39 is 5.60 Å². The van der Waals surface area contributed by atoms with Gasteiger partial charge in [0.05, 0.1) is 12.6 Å². The van der Waals surface area contributed by atoms with Crippen molar-refractivity contribution in [3.63, 3.8) is 0 Å². The molecule has 0 spiro atoms. The van der Waals surface area contributed by atoms with Gasteiger partial charge in [-0.15, -0.1) is 24.0 Å². The van der Waals surface area contributed by atoms with Gasteiger partial charge in [0.25, 0.3) is 0 Å². The van der Waals surface area contributed by atoms with Crippen LogP contribution < -0.4 is 10.6 Å². The number of nitrogens with zero attached hydrogens (tertiary/aromatic N) is 1. The number of hydrogen-bond donors (Lipinski definition) is 3. The Bertz CT molecular complexity index is 702. The molecule has 0 amide bonds. The Kier molecular flexibility index (Phi) is 9.82. The summed E-state index contributed by atoms with van der Waals surface area (Å²) in [6.07, 6.45) is -0.0895. The SMILES string of the molecule is CCNC(=NCC(C)(O)c1ccc(C)o1)NCC(OC)c1ccccc1.I. The quantitative estimate of drug-likeness (QED) is 0.303. The zero-order chi connectivity index (χ0) is 19.0. The number of guanidine groups is 1. The van der Waals surface area contributed by atoms with E-state index in [0.717, 1.165) is 17.9 Å². The van der Waals surface area contributed by atoms with E-state index in [9.17, 15) is 5.11 Å². The first-order valence-corrected chi connectivity index (χ1v) is 8.85. The number of hydrogen-bond acceptors (Lipinski definition) is 4. The fourth-order valence-electron chi connectivity index (χ4n) is 2.57. The van der Waals surface area contributed by atoms with Gasteiger partial charge in [0.1, 0.15) is 17.1 Å². The summed E-state index contributed by atoms with van der Waals surface area (Å²) in [6.45, 7) is 7.00. The number of aryl methyl sites for hydroxylation is 1. The van der Waals surface area contributed by atoms with Gasteiger partial charge in [-0.05, 0) is 38.5 Å². The van der Waals surface area contributed by atoms with Gasteiger partial charge in [-0.25, -0.2) is 4.99 Å². The van der Waals surface area contributed by atoms with Crippen molar-refractivity contribution in [3.05, 3.63) is 59.5 Å². The Labute approximate surface area is 178 Å².